The van der Waals surface area contributed by atoms with E-state index in [9.17, 15) is 18.8 Å². The van der Waals surface area contributed by atoms with E-state index in [-0.39, 0.29) is 30.2 Å². The van der Waals surface area contributed by atoms with Crippen LogP contribution in [0.5, 0.6) is 5.75 Å². The van der Waals surface area contributed by atoms with Gasteiger partial charge in [0.05, 0.1) is 18.4 Å². The van der Waals surface area contributed by atoms with Gasteiger partial charge in [0.25, 0.3) is 5.91 Å². The lowest BCUT2D eigenvalue weighted by atomic mass is 9.93. The molecule has 9 nitrogen and oxygen atoms in total. The van der Waals surface area contributed by atoms with Crippen LogP contribution in [0.3, 0.4) is 0 Å². The summed E-state index contributed by atoms with van der Waals surface area (Å²) in [6.07, 6.45) is 2.97. The van der Waals surface area contributed by atoms with Gasteiger partial charge in [-0.15, -0.1) is 0 Å². The Labute approximate surface area is 198 Å². The topological polar surface area (TPSA) is 106 Å². The number of carbonyl (C=O) groups excluding carboxylic acids is 3. The fourth-order valence-corrected chi connectivity index (χ4v) is 4.15. The number of halogens is 1. The molecule has 1 aromatic rings. The summed E-state index contributed by atoms with van der Waals surface area (Å²) in [5.41, 5.74) is 3.29. The molecule has 2 aliphatic heterocycles. The minimum Gasteiger partial charge on any atom is -0.496 e. The zero-order chi connectivity index (χ0) is 24.7. The Kier molecular flexibility index (Phi) is 9.00. The van der Waals surface area contributed by atoms with Gasteiger partial charge in [0.15, 0.2) is 6.67 Å². The Morgan fingerprint density at radius 1 is 1.32 bits per heavy atom. The maximum Gasteiger partial charge on any atom is 0.341 e. The molecule has 2 N–H and O–H groups in total. The van der Waals surface area contributed by atoms with E-state index < -0.39 is 18.6 Å². The molecule has 3 rings (SSSR count). The van der Waals surface area contributed by atoms with E-state index in [2.05, 4.69) is 15.5 Å². The monoisotopic (exact) mass is 477 g/mol. The molecule has 0 saturated carbocycles. The largest absolute Gasteiger partial charge is 0.496 e. The number of nitrogens with one attached hydrogen (secondary N) is 2. The van der Waals surface area contributed by atoms with E-state index in [1.165, 1.54) is 7.11 Å². The summed E-state index contributed by atoms with van der Waals surface area (Å²) in [6, 6.07) is 0. The SMILES string of the molecule is COc1c(C)c2c(c(NC(=O)CF)c1CC=C(C)CCC(=O)OCCN1CCNC1)C(=O)OC2. The Morgan fingerprint density at radius 2 is 2.12 bits per heavy atom. The normalized spacial score (nSPS) is 15.8. The summed E-state index contributed by atoms with van der Waals surface area (Å²) in [5, 5.41) is 5.73. The average molecular weight is 478 g/mol. The molecule has 1 aromatic carbocycles. The highest BCUT2D eigenvalue weighted by Gasteiger charge is 2.32. The van der Waals surface area contributed by atoms with Crippen molar-refractivity contribution >= 4 is 23.5 Å². The Hall–Kier alpha value is -2.98. The maximum absolute atomic E-state index is 13.0. The number of hydrogen-bond acceptors (Lipinski definition) is 8. The van der Waals surface area contributed by atoms with Crippen molar-refractivity contribution in [1.29, 1.82) is 0 Å². The molecular weight excluding hydrogens is 445 g/mol. The van der Waals surface area contributed by atoms with E-state index in [0.717, 1.165) is 30.9 Å². The smallest absolute Gasteiger partial charge is 0.341 e. The predicted molar refractivity (Wildman–Crippen MR) is 124 cm³/mol. The highest BCUT2D eigenvalue weighted by atomic mass is 19.1. The number of esters is 2. The third-order valence-corrected chi connectivity index (χ3v) is 6.05. The molecule has 34 heavy (non-hydrogen) atoms. The van der Waals surface area contributed by atoms with Gasteiger partial charge in [-0.3, -0.25) is 14.5 Å². The number of ether oxygens (including phenoxy) is 3. The van der Waals surface area contributed by atoms with Gasteiger partial charge in [-0.2, -0.15) is 0 Å². The Balaban J connectivity index is 1.69. The fraction of sp³-hybridized carbons (Fsp3) is 0.542. The fourth-order valence-electron chi connectivity index (χ4n) is 4.15. The molecule has 0 atom stereocenters. The van der Waals surface area contributed by atoms with Gasteiger partial charge in [0.2, 0.25) is 0 Å². The van der Waals surface area contributed by atoms with Crippen LogP contribution in [0.2, 0.25) is 0 Å². The van der Waals surface area contributed by atoms with Crippen LogP contribution in [0.4, 0.5) is 10.1 Å². The molecule has 1 saturated heterocycles. The van der Waals surface area contributed by atoms with E-state index in [1.54, 1.807) is 0 Å². The van der Waals surface area contributed by atoms with Gasteiger partial charge in [-0.05, 0) is 32.3 Å². The van der Waals surface area contributed by atoms with Crippen molar-refractivity contribution < 1.29 is 33.0 Å². The van der Waals surface area contributed by atoms with Gasteiger partial charge < -0.3 is 24.8 Å². The number of fused-ring (bicyclic) bond motifs is 1. The summed E-state index contributed by atoms with van der Waals surface area (Å²) >= 11 is 0. The minimum atomic E-state index is -1.22. The second-order valence-corrected chi connectivity index (χ2v) is 8.37. The first-order valence-corrected chi connectivity index (χ1v) is 11.3. The molecule has 1 fully saturated rings. The molecular formula is C24H32FN3O6. The molecule has 0 spiro atoms. The van der Waals surface area contributed by atoms with Crippen LogP contribution in [0.25, 0.3) is 0 Å². The lowest BCUT2D eigenvalue weighted by Crippen LogP contribution is -2.27. The van der Waals surface area contributed by atoms with E-state index in [4.69, 9.17) is 14.2 Å². The molecule has 0 unspecified atom stereocenters. The van der Waals surface area contributed by atoms with Gasteiger partial charge >= 0.3 is 11.9 Å². The van der Waals surface area contributed by atoms with Gasteiger partial charge in [-0.25, -0.2) is 9.18 Å². The number of hydrogen-bond donors (Lipinski definition) is 2. The third-order valence-electron chi connectivity index (χ3n) is 6.05. The molecule has 0 radical (unpaired) electrons. The first-order valence-electron chi connectivity index (χ1n) is 11.3. The minimum absolute atomic E-state index is 0.0698. The number of cyclic esters (lactones) is 1. The van der Waals surface area contributed by atoms with Crippen molar-refractivity contribution in [1.82, 2.24) is 10.2 Å². The van der Waals surface area contributed by atoms with E-state index in [0.29, 0.717) is 42.9 Å². The van der Waals surface area contributed by atoms with Crippen LogP contribution >= 0.6 is 0 Å². The number of allylic oxidation sites excluding steroid dienone is 2. The van der Waals surface area contributed by atoms with Crippen molar-refractivity contribution in [3.8, 4) is 5.75 Å². The quantitative estimate of drug-likeness (QED) is 0.369. The zero-order valence-corrected chi connectivity index (χ0v) is 19.9. The van der Waals surface area contributed by atoms with Crippen molar-refractivity contribution in [2.45, 2.75) is 39.7 Å². The molecule has 10 heteroatoms. The summed E-state index contributed by atoms with van der Waals surface area (Å²) in [4.78, 5) is 38.5. The van der Waals surface area contributed by atoms with Crippen molar-refractivity contribution in [3.63, 3.8) is 0 Å². The van der Waals surface area contributed by atoms with Crippen LogP contribution in [0.1, 0.15) is 46.8 Å². The number of anilines is 1. The standard InChI is InChI=1S/C24H32FN3O6/c1-15(5-7-20(30)33-11-10-28-9-8-26-14-28)4-6-17-22(27-19(29)12-25)21-18(13-34-24(21)31)16(2)23(17)32-3/h4,26H,5-14H2,1-3H3,(H,27,29). The Morgan fingerprint density at radius 3 is 2.79 bits per heavy atom. The molecule has 186 valence electrons. The molecule has 0 aromatic heterocycles. The van der Waals surface area contributed by atoms with Gasteiger partial charge in [-0.1, -0.05) is 11.6 Å². The highest BCUT2D eigenvalue weighted by molar-refractivity contribution is 6.06. The lowest BCUT2D eigenvalue weighted by molar-refractivity contribution is -0.144. The molecule has 1 amide bonds. The number of carbonyl (C=O) groups is 3. The highest BCUT2D eigenvalue weighted by Crippen LogP contribution is 2.41. The van der Waals surface area contributed by atoms with Crippen molar-refractivity contribution in [2.24, 2.45) is 0 Å². The van der Waals surface area contributed by atoms with Crippen molar-refractivity contribution in [2.75, 3.05) is 52.0 Å². The number of benzene rings is 1. The second-order valence-electron chi connectivity index (χ2n) is 8.37. The molecule has 2 heterocycles. The number of nitrogens with zero attached hydrogens (tertiary/aromatic N) is 1. The maximum atomic E-state index is 13.0. The van der Waals surface area contributed by atoms with E-state index >= 15 is 0 Å². The lowest BCUT2D eigenvalue weighted by Gasteiger charge is -2.19. The van der Waals surface area contributed by atoms with Crippen LogP contribution in [-0.4, -0.2) is 69.4 Å². The number of rotatable bonds is 11. The van der Waals surface area contributed by atoms with Crippen LogP contribution in [0.15, 0.2) is 11.6 Å². The van der Waals surface area contributed by atoms with Crippen LogP contribution in [-0.2, 0) is 32.1 Å². The molecule has 0 aliphatic carbocycles. The zero-order valence-electron chi connectivity index (χ0n) is 19.9. The van der Waals surface area contributed by atoms with Crippen LogP contribution < -0.4 is 15.4 Å². The third kappa shape index (κ3) is 6.12. The van der Waals surface area contributed by atoms with Gasteiger partial charge in [0.1, 0.15) is 19.0 Å². The molecule has 0 bridgehead atoms. The summed E-state index contributed by atoms with van der Waals surface area (Å²) in [7, 11) is 1.50. The van der Waals surface area contributed by atoms with Gasteiger partial charge in [0, 0.05) is 43.9 Å². The first-order chi connectivity index (χ1) is 16.3. The number of amides is 1. The first kappa shape index (κ1) is 25.6. The average Bonchev–Trinajstić information content (AvgIpc) is 3.48. The second kappa shape index (κ2) is 11.9. The number of alkyl halides is 1. The molecule has 2 aliphatic rings. The summed E-state index contributed by atoms with van der Waals surface area (Å²) in [5.74, 6) is -1.18. The Bertz CT molecular complexity index is 972. The summed E-state index contributed by atoms with van der Waals surface area (Å²) < 4.78 is 29.0. The van der Waals surface area contributed by atoms with Crippen molar-refractivity contribution in [3.05, 3.63) is 33.9 Å². The van der Waals surface area contributed by atoms with E-state index in [1.807, 2.05) is 19.9 Å². The van der Waals surface area contributed by atoms with Crippen LogP contribution in [0, 0.1) is 6.92 Å². The predicted octanol–water partition coefficient (Wildman–Crippen LogP) is 2.26. The summed E-state index contributed by atoms with van der Waals surface area (Å²) in [6.45, 7) is 6.35. The number of methoxy groups -OCH3 is 1.